The van der Waals surface area contributed by atoms with E-state index in [2.05, 4.69) is 5.32 Å². The van der Waals surface area contributed by atoms with Crippen LogP contribution in [0.3, 0.4) is 0 Å². The fourth-order valence-electron chi connectivity index (χ4n) is 2.87. The van der Waals surface area contributed by atoms with Gasteiger partial charge in [-0.25, -0.2) is 8.42 Å². The van der Waals surface area contributed by atoms with Crippen LogP contribution < -0.4 is 5.32 Å². The number of piperidine rings is 1. The van der Waals surface area contributed by atoms with E-state index in [9.17, 15) is 13.2 Å². The van der Waals surface area contributed by atoms with Gasteiger partial charge in [0, 0.05) is 13.1 Å². The maximum Gasteiger partial charge on any atom is 0.239 e. The van der Waals surface area contributed by atoms with Gasteiger partial charge < -0.3 is 10.2 Å². The Labute approximate surface area is 109 Å². The number of rotatable bonds is 4. The molecule has 0 bridgehead atoms. The van der Waals surface area contributed by atoms with Gasteiger partial charge in [-0.1, -0.05) is 6.92 Å². The van der Waals surface area contributed by atoms with E-state index in [1.54, 1.807) is 4.90 Å². The molecule has 0 radical (unpaired) electrons. The molecule has 5 nitrogen and oxygen atoms in total. The van der Waals surface area contributed by atoms with Crippen molar-refractivity contribution >= 4 is 15.7 Å². The number of nitrogens with one attached hydrogen (secondary N) is 1. The molecule has 104 valence electrons. The summed E-state index contributed by atoms with van der Waals surface area (Å²) in [5, 5.41) is 2.84. The first-order valence-corrected chi connectivity index (χ1v) is 8.50. The van der Waals surface area contributed by atoms with Crippen LogP contribution in [-0.2, 0) is 14.6 Å². The molecule has 0 aromatic rings. The van der Waals surface area contributed by atoms with Crippen LogP contribution in [0.4, 0.5) is 0 Å². The summed E-state index contributed by atoms with van der Waals surface area (Å²) in [7, 11) is -2.95. The van der Waals surface area contributed by atoms with E-state index in [-0.39, 0.29) is 23.0 Å². The van der Waals surface area contributed by atoms with E-state index in [1.165, 1.54) is 0 Å². The van der Waals surface area contributed by atoms with Crippen LogP contribution >= 0.6 is 0 Å². The highest BCUT2D eigenvalue weighted by atomic mass is 32.2. The molecule has 0 saturated carbocycles. The molecule has 2 atom stereocenters. The maximum absolute atomic E-state index is 12.2. The molecule has 2 aliphatic heterocycles. The van der Waals surface area contributed by atoms with Gasteiger partial charge in [0.25, 0.3) is 0 Å². The van der Waals surface area contributed by atoms with Crippen LogP contribution in [0.1, 0.15) is 32.6 Å². The number of sulfone groups is 1. The van der Waals surface area contributed by atoms with Crippen LogP contribution in [0, 0.1) is 0 Å². The van der Waals surface area contributed by atoms with Crippen molar-refractivity contribution in [3.8, 4) is 0 Å². The Kier molecular flexibility index (Phi) is 4.27. The number of carbonyl (C=O) groups excluding carboxylic acids is 1. The number of hydrogen-bond donors (Lipinski definition) is 1. The molecule has 0 aromatic heterocycles. The first kappa shape index (κ1) is 13.8. The van der Waals surface area contributed by atoms with Crippen molar-refractivity contribution in [2.75, 3.05) is 25.4 Å². The number of likely N-dealkylation sites (tertiary alicyclic amines) is 1. The Morgan fingerprint density at radius 2 is 2.11 bits per heavy atom. The quantitative estimate of drug-likeness (QED) is 0.793. The van der Waals surface area contributed by atoms with Crippen molar-refractivity contribution < 1.29 is 13.2 Å². The monoisotopic (exact) mass is 274 g/mol. The maximum atomic E-state index is 12.2. The van der Waals surface area contributed by atoms with Crippen LogP contribution in [-0.4, -0.2) is 55.9 Å². The second-order valence-electron chi connectivity index (χ2n) is 5.17. The van der Waals surface area contributed by atoms with Gasteiger partial charge in [0.2, 0.25) is 5.91 Å². The molecule has 0 aromatic carbocycles. The van der Waals surface area contributed by atoms with E-state index in [4.69, 9.17) is 0 Å². The van der Waals surface area contributed by atoms with Crippen LogP contribution in [0.2, 0.25) is 0 Å². The average Bonchev–Trinajstić information content (AvgIpc) is 2.64. The van der Waals surface area contributed by atoms with E-state index in [0.29, 0.717) is 19.5 Å². The van der Waals surface area contributed by atoms with Crippen LogP contribution in [0.5, 0.6) is 0 Å². The van der Waals surface area contributed by atoms with Gasteiger partial charge in [0.05, 0.1) is 17.0 Å². The summed E-state index contributed by atoms with van der Waals surface area (Å²) >= 11 is 0. The van der Waals surface area contributed by atoms with E-state index in [1.807, 2.05) is 6.92 Å². The van der Waals surface area contributed by atoms with E-state index < -0.39 is 9.84 Å². The first-order valence-electron chi connectivity index (χ1n) is 6.78. The Bertz CT molecular complexity index is 406. The molecular weight excluding hydrogens is 252 g/mol. The van der Waals surface area contributed by atoms with Crippen molar-refractivity contribution in [2.24, 2.45) is 0 Å². The summed E-state index contributed by atoms with van der Waals surface area (Å²) in [4.78, 5) is 13.9. The lowest BCUT2D eigenvalue weighted by Gasteiger charge is -2.34. The predicted molar refractivity (Wildman–Crippen MR) is 70.1 cm³/mol. The highest BCUT2D eigenvalue weighted by Gasteiger charge is 2.36. The number of likely N-dealkylation sites (N-methyl/N-ethyl adjacent to an activating group) is 1. The molecule has 2 heterocycles. The minimum absolute atomic E-state index is 0.0743. The zero-order valence-electron chi connectivity index (χ0n) is 10.9. The smallest absolute Gasteiger partial charge is 0.239 e. The van der Waals surface area contributed by atoms with E-state index in [0.717, 1.165) is 25.8 Å². The lowest BCUT2D eigenvalue weighted by atomic mass is 10.0. The zero-order chi connectivity index (χ0) is 13.2. The largest absolute Gasteiger partial charge is 0.340 e. The van der Waals surface area contributed by atoms with Crippen molar-refractivity contribution in [2.45, 2.75) is 43.9 Å². The van der Waals surface area contributed by atoms with Gasteiger partial charge in [0.1, 0.15) is 0 Å². The summed E-state index contributed by atoms with van der Waals surface area (Å²) < 4.78 is 23.6. The number of nitrogens with zero attached hydrogens (tertiary/aromatic N) is 1. The molecule has 2 aliphatic rings. The average molecular weight is 274 g/mol. The predicted octanol–water partition coefficient (Wildman–Crippen LogP) is 0.164. The summed E-state index contributed by atoms with van der Waals surface area (Å²) in [5.74, 6) is 0.362. The molecule has 6 heteroatoms. The molecule has 1 amide bonds. The second kappa shape index (κ2) is 5.57. The van der Waals surface area contributed by atoms with Gasteiger partial charge in [0.15, 0.2) is 9.84 Å². The number of amides is 1. The second-order valence-corrected chi connectivity index (χ2v) is 7.57. The number of carbonyl (C=O) groups is 1. The molecule has 0 aliphatic carbocycles. The molecular formula is C12H22N2O3S. The third kappa shape index (κ3) is 2.85. The van der Waals surface area contributed by atoms with Crippen molar-refractivity contribution in [1.82, 2.24) is 10.2 Å². The Morgan fingerprint density at radius 1 is 1.33 bits per heavy atom. The zero-order valence-corrected chi connectivity index (χ0v) is 11.7. The van der Waals surface area contributed by atoms with Gasteiger partial charge in [-0.2, -0.15) is 0 Å². The van der Waals surface area contributed by atoms with E-state index >= 15 is 0 Å². The molecule has 2 saturated heterocycles. The summed E-state index contributed by atoms with van der Waals surface area (Å²) in [6.45, 7) is 3.84. The molecule has 2 rings (SSSR count). The lowest BCUT2D eigenvalue weighted by molar-refractivity contribution is -0.135. The van der Waals surface area contributed by atoms with Gasteiger partial charge in [-0.05, 0) is 32.2 Å². The molecule has 2 unspecified atom stereocenters. The summed E-state index contributed by atoms with van der Waals surface area (Å²) in [6.07, 6.45) is 3.26. The standard InChI is InChI=1S/C12H22N2O3S/c1-2-13-11-6-3-7-14(12(11)15)9-10-5-4-8-18(10,16)17/h10-11,13H,2-9H2,1H3. The highest BCUT2D eigenvalue weighted by molar-refractivity contribution is 7.92. The van der Waals surface area contributed by atoms with Gasteiger partial charge in [-0.3, -0.25) is 4.79 Å². The fraction of sp³-hybridized carbons (Fsp3) is 0.917. The Morgan fingerprint density at radius 3 is 2.72 bits per heavy atom. The third-order valence-electron chi connectivity index (χ3n) is 3.87. The Hall–Kier alpha value is -0.620. The number of hydrogen-bond acceptors (Lipinski definition) is 4. The summed E-state index contributed by atoms with van der Waals surface area (Å²) in [5.41, 5.74) is 0. The lowest BCUT2D eigenvalue weighted by Crippen LogP contribution is -2.52. The Balaban J connectivity index is 1.98. The van der Waals surface area contributed by atoms with Crippen molar-refractivity contribution in [1.29, 1.82) is 0 Å². The van der Waals surface area contributed by atoms with Crippen LogP contribution in [0.25, 0.3) is 0 Å². The topological polar surface area (TPSA) is 66.5 Å². The minimum atomic E-state index is -2.95. The molecule has 0 spiro atoms. The fourth-order valence-corrected chi connectivity index (χ4v) is 4.70. The van der Waals surface area contributed by atoms with Gasteiger partial charge in [-0.15, -0.1) is 0 Å². The van der Waals surface area contributed by atoms with Crippen molar-refractivity contribution in [3.63, 3.8) is 0 Å². The van der Waals surface area contributed by atoms with Gasteiger partial charge >= 0.3 is 0 Å². The molecule has 18 heavy (non-hydrogen) atoms. The molecule has 1 N–H and O–H groups in total. The molecule has 2 fully saturated rings. The van der Waals surface area contributed by atoms with Crippen LogP contribution in [0.15, 0.2) is 0 Å². The normalized spacial score (nSPS) is 31.8. The summed E-state index contributed by atoms with van der Waals surface area (Å²) in [6, 6.07) is -0.118. The highest BCUT2D eigenvalue weighted by Crippen LogP contribution is 2.22. The third-order valence-corrected chi connectivity index (χ3v) is 6.13. The first-order chi connectivity index (χ1) is 8.54. The minimum Gasteiger partial charge on any atom is -0.340 e. The van der Waals surface area contributed by atoms with Crippen molar-refractivity contribution in [3.05, 3.63) is 0 Å². The SMILES string of the molecule is CCNC1CCCN(CC2CCCS2(=O)=O)C1=O.